The summed E-state index contributed by atoms with van der Waals surface area (Å²) in [5, 5.41) is 0. The first-order valence-electron chi connectivity index (χ1n) is 9.12. The normalized spacial score (nSPS) is 20.7. The lowest BCUT2D eigenvalue weighted by Crippen LogP contribution is -2.37. The lowest BCUT2D eigenvalue weighted by atomic mass is 9.91. The Hall–Kier alpha value is -1.75. The number of ketones is 1. The van der Waals surface area contributed by atoms with Gasteiger partial charge in [-0.15, -0.1) is 0 Å². The standard InChI is InChI=1S/C19H27N3O2/c1-21-12-10-15(11-13-21)19(24)17-8-5-9-18(20-17)22(14-23)16-6-3-2-4-7-16/h5,8-9,14-16H,2-4,6-7,10-13H2,1H3. The molecule has 1 aromatic heterocycles. The van der Waals surface area contributed by atoms with Crippen molar-refractivity contribution in [2.45, 2.75) is 51.0 Å². The molecule has 1 aromatic rings. The summed E-state index contributed by atoms with van der Waals surface area (Å²) in [6.45, 7) is 1.91. The van der Waals surface area contributed by atoms with Crippen LogP contribution in [0, 0.1) is 5.92 Å². The van der Waals surface area contributed by atoms with E-state index in [0.29, 0.717) is 11.5 Å². The SMILES string of the molecule is CN1CCC(C(=O)c2cccc(N(C=O)C3CCCCC3)n2)CC1. The molecule has 5 heteroatoms. The van der Waals surface area contributed by atoms with Crippen LogP contribution in [0.4, 0.5) is 5.82 Å². The predicted molar refractivity (Wildman–Crippen MR) is 94.2 cm³/mol. The molecule has 0 N–H and O–H groups in total. The lowest BCUT2D eigenvalue weighted by Gasteiger charge is -2.31. The van der Waals surface area contributed by atoms with Gasteiger partial charge in [-0.3, -0.25) is 14.5 Å². The molecule has 0 atom stereocenters. The number of aromatic nitrogens is 1. The van der Waals surface area contributed by atoms with Gasteiger partial charge in [-0.1, -0.05) is 25.3 Å². The van der Waals surface area contributed by atoms with Crippen LogP contribution in [0.2, 0.25) is 0 Å². The minimum atomic E-state index is 0.0586. The molecule has 1 aliphatic heterocycles. The van der Waals surface area contributed by atoms with Crippen LogP contribution in [0.3, 0.4) is 0 Å². The van der Waals surface area contributed by atoms with Crippen LogP contribution in [0.15, 0.2) is 18.2 Å². The Bertz CT molecular complexity index is 576. The van der Waals surface area contributed by atoms with E-state index >= 15 is 0 Å². The molecule has 1 saturated carbocycles. The van der Waals surface area contributed by atoms with E-state index in [2.05, 4.69) is 16.9 Å². The number of nitrogens with zero attached hydrogens (tertiary/aromatic N) is 3. The fraction of sp³-hybridized carbons (Fsp3) is 0.632. The zero-order chi connectivity index (χ0) is 16.9. The first kappa shape index (κ1) is 17.1. The summed E-state index contributed by atoms with van der Waals surface area (Å²) in [7, 11) is 2.09. The minimum absolute atomic E-state index is 0.0586. The van der Waals surface area contributed by atoms with Gasteiger partial charge in [0.15, 0.2) is 5.78 Å². The van der Waals surface area contributed by atoms with Gasteiger partial charge < -0.3 is 4.90 Å². The maximum absolute atomic E-state index is 12.8. The Morgan fingerprint density at radius 1 is 1.17 bits per heavy atom. The van der Waals surface area contributed by atoms with E-state index in [1.54, 1.807) is 11.0 Å². The number of amides is 1. The predicted octanol–water partition coefficient (Wildman–Crippen LogP) is 2.90. The van der Waals surface area contributed by atoms with Gasteiger partial charge in [0.05, 0.1) is 0 Å². The van der Waals surface area contributed by atoms with Crippen molar-refractivity contribution in [2.75, 3.05) is 25.0 Å². The summed E-state index contributed by atoms with van der Waals surface area (Å²) in [6, 6.07) is 5.70. The number of hydrogen-bond acceptors (Lipinski definition) is 4. The van der Waals surface area contributed by atoms with Gasteiger partial charge in [-0.2, -0.15) is 0 Å². The minimum Gasteiger partial charge on any atom is -0.306 e. The van der Waals surface area contributed by atoms with Crippen LogP contribution < -0.4 is 4.90 Å². The van der Waals surface area contributed by atoms with Gasteiger partial charge in [-0.05, 0) is 58.0 Å². The van der Waals surface area contributed by atoms with Crippen molar-refractivity contribution < 1.29 is 9.59 Å². The Kier molecular flexibility index (Phi) is 5.61. The van der Waals surface area contributed by atoms with Gasteiger partial charge in [0.2, 0.25) is 6.41 Å². The number of pyridine rings is 1. The molecule has 0 unspecified atom stereocenters. The van der Waals surface area contributed by atoms with Gasteiger partial charge >= 0.3 is 0 Å². The van der Waals surface area contributed by atoms with Crippen molar-refractivity contribution in [3.63, 3.8) is 0 Å². The van der Waals surface area contributed by atoms with Crippen molar-refractivity contribution in [3.8, 4) is 0 Å². The molecule has 24 heavy (non-hydrogen) atoms. The fourth-order valence-corrected chi connectivity index (χ4v) is 3.87. The van der Waals surface area contributed by atoms with Gasteiger partial charge in [0.25, 0.3) is 0 Å². The molecule has 0 aromatic carbocycles. The average Bonchev–Trinajstić information content (AvgIpc) is 2.64. The van der Waals surface area contributed by atoms with Crippen molar-refractivity contribution in [1.82, 2.24) is 9.88 Å². The van der Waals surface area contributed by atoms with Gasteiger partial charge in [0.1, 0.15) is 11.5 Å². The second-order valence-corrected chi connectivity index (χ2v) is 7.13. The van der Waals surface area contributed by atoms with Crippen LogP contribution >= 0.6 is 0 Å². The Labute approximate surface area is 144 Å². The topological polar surface area (TPSA) is 53.5 Å². The van der Waals surface area contributed by atoms with E-state index < -0.39 is 0 Å². The van der Waals surface area contributed by atoms with Crippen LogP contribution in [0.1, 0.15) is 55.4 Å². The Morgan fingerprint density at radius 2 is 1.88 bits per heavy atom. The maximum atomic E-state index is 12.8. The quantitative estimate of drug-likeness (QED) is 0.616. The fourth-order valence-electron chi connectivity index (χ4n) is 3.87. The number of carbonyl (C=O) groups excluding carboxylic acids is 2. The van der Waals surface area contributed by atoms with E-state index in [1.165, 1.54) is 6.42 Å². The second kappa shape index (κ2) is 7.88. The number of rotatable bonds is 5. The Morgan fingerprint density at radius 3 is 2.54 bits per heavy atom. The molecule has 3 rings (SSSR count). The molecule has 5 nitrogen and oxygen atoms in total. The number of carbonyl (C=O) groups is 2. The highest BCUT2D eigenvalue weighted by atomic mass is 16.1. The van der Waals surface area contributed by atoms with E-state index in [-0.39, 0.29) is 17.7 Å². The van der Waals surface area contributed by atoms with E-state index in [9.17, 15) is 9.59 Å². The summed E-state index contributed by atoms with van der Waals surface area (Å²) in [5.41, 5.74) is 0.504. The number of anilines is 1. The van der Waals surface area contributed by atoms with Crippen molar-refractivity contribution in [2.24, 2.45) is 5.92 Å². The molecule has 0 bridgehead atoms. The first-order chi connectivity index (χ1) is 11.7. The summed E-state index contributed by atoms with van der Waals surface area (Å²) in [5.74, 6) is 0.804. The second-order valence-electron chi connectivity index (χ2n) is 7.13. The highest BCUT2D eigenvalue weighted by Crippen LogP contribution is 2.26. The number of hydrogen-bond donors (Lipinski definition) is 0. The molecule has 0 radical (unpaired) electrons. The van der Waals surface area contributed by atoms with Crippen LogP contribution in [-0.2, 0) is 4.79 Å². The largest absolute Gasteiger partial charge is 0.306 e. The Balaban J connectivity index is 1.75. The molecule has 2 fully saturated rings. The molecule has 2 aliphatic rings. The summed E-state index contributed by atoms with van der Waals surface area (Å²) in [6.07, 6.45) is 8.25. The molecule has 1 aliphatic carbocycles. The van der Waals surface area contributed by atoms with E-state index in [1.807, 2.05) is 12.1 Å². The molecular formula is C19H27N3O2. The zero-order valence-electron chi connectivity index (χ0n) is 14.5. The van der Waals surface area contributed by atoms with E-state index in [0.717, 1.165) is 58.0 Å². The summed E-state index contributed by atoms with van der Waals surface area (Å²) in [4.78, 5) is 32.9. The molecule has 130 valence electrons. The lowest BCUT2D eigenvalue weighted by molar-refractivity contribution is -0.108. The van der Waals surface area contributed by atoms with Gasteiger partial charge in [-0.25, -0.2) is 4.98 Å². The first-order valence-corrected chi connectivity index (χ1v) is 9.12. The smallest absolute Gasteiger partial charge is 0.215 e. The van der Waals surface area contributed by atoms with Crippen LogP contribution in [0.25, 0.3) is 0 Å². The number of Topliss-reactive ketones (excluding diaryl/α,β-unsaturated/α-hetero) is 1. The zero-order valence-corrected chi connectivity index (χ0v) is 14.5. The number of piperidine rings is 1. The highest BCUT2D eigenvalue weighted by Gasteiger charge is 2.27. The summed E-state index contributed by atoms with van der Waals surface area (Å²) >= 11 is 0. The molecule has 1 saturated heterocycles. The molecule has 2 heterocycles. The number of likely N-dealkylation sites (tertiary alicyclic amines) is 1. The third kappa shape index (κ3) is 3.83. The average molecular weight is 329 g/mol. The van der Waals surface area contributed by atoms with Crippen LogP contribution in [-0.4, -0.2) is 48.3 Å². The maximum Gasteiger partial charge on any atom is 0.215 e. The van der Waals surface area contributed by atoms with E-state index in [4.69, 9.17) is 0 Å². The van der Waals surface area contributed by atoms with Crippen molar-refractivity contribution in [1.29, 1.82) is 0 Å². The molecular weight excluding hydrogens is 302 g/mol. The summed E-state index contributed by atoms with van der Waals surface area (Å²) < 4.78 is 0. The molecule has 0 spiro atoms. The molecule has 1 amide bonds. The van der Waals surface area contributed by atoms with Crippen molar-refractivity contribution in [3.05, 3.63) is 23.9 Å². The van der Waals surface area contributed by atoms with Crippen molar-refractivity contribution >= 4 is 18.0 Å². The third-order valence-electron chi connectivity index (χ3n) is 5.42. The highest BCUT2D eigenvalue weighted by molar-refractivity contribution is 5.96. The van der Waals surface area contributed by atoms with Crippen LogP contribution in [0.5, 0.6) is 0 Å². The van der Waals surface area contributed by atoms with Gasteiger partial charge in [0, 0.05) is 12.0 Å². The third-order valence-corrected chi connectivity index (χ3v) is 5.42. The monoisotopic (exact) mass is 329 g/mol.